The number of halogens is 3. The molecule has 5 unspecified atom stereocenters. The Balaban J connectivity index is 3.18. The minimum Gasteiger partial charge on any atom is -0.356 e. The Bertz CT molecular complexity index is 408. The molecule has 0 aliphatic heterocycles. The minimum atomic E-state index is -4.45. The average molecular weight is 335 g/mol. The Labute approximate surface area is 137 Å². The second kappa shape index (κ2) is 8.34. The molecule has 1 aliphatic carbocycles. The molecule has 0 amide bonds. The molecule has 134 valence electrons. The second-order valence-corrected chi connectivity index (χ2v) is 6.59. The van der Waals surface area contributed by atoms with Crippen molar-refractivity contribution in [2.75, 3.05) is 7.11 Å². The molecule has 0 bridgehead atoms. The normalized spacial score (nSPS) is 29.6. The van der Waals surface area contributed by atoms with Gasteiger partial charge < -0.3 is 9.47 Å². The first-order valence-corrected chi connectivity index (χ1v) is 8.38. The fraction of sp³-hybridized carbons (Fsp3) is 0.941. The van der Waals surface area contributed by atoms with Crippen molar-refractivity contribution in [3.05, 3.63) is 0 Å². The zero-order chi connectivity index (χ0) is 17.7. The lowest BCUT2D eigenvalue weighted by molar-refractivity contribution is -0.347. The van der Waals surface area contributed by atoms with Gasteiger partial charge in [-0.3, -0.25) is 0 Å². The van der Waals surface area contributed by atoms with Gasteiger partial charge in [0.05, 0.1) is 6.07 Å². The Morgan fingerprint density at radius 3 is 2.43 bits per heavy atom. The average Bonchev–Trinajstić information content (AvgIpc) is 2.51. The number of nitrogens with zero attached hydrogens (tertiary/aromatic N) is 1. The molecule has 0 saturated heterocycles. The van der Waals surface area contributed by atoms with Crippen LogP contribution >= 0.6 is 0 Å². The van der Waals surface area contributed by atoms with Crippen molar-refractivity contribution < 1.29 is 22.6 Å². The molecule has 5 atom stereocenters. The molecule has 0 aromatic carbocycles. The number of rotatable bonds is 7. The van der Waals surface area contributed by atoms with E-state index in [1.54, 1.807) is 6.92 Å². The van der Waals surface area contributed by atoms with Crippen LogP contribution in [0.15, 0.2) is 0 Å². The van der Waals surface area contributed by atoms with E-state index in [0.717, 1.165) is 6.42 Å². The summed E-state index contributed by atoms with van der Waals surface area (Å²) in [5, 5.41) is 9.03. The largest absolute Gasteiger partial charge is 0.417 e. The maximum atomic E-state index is 14.0. The van der Waals surface area contributed by atoms with Crippen LogP contribution in [0.5, 0.6) is 0 Å². The number of hydrogen-bond acceptors (Lipinski definition) is 3. The molecule has 0 aromatic heterocycles. The third-order valence-electron chi connectivity index (χ3n) is 5.07. The van der Waals surface area contributed by atoms with E-state index in [9.17, 15) is 13.2 Å². The van der Waals surface area contributed by atoms with Crippen LogP contribution in [0.25, 0.3) is 0 Å². The van der Waals surface area contributed by atoms with Crippen molar-refractivity contribution in [1.82, 2.24) is 0 Å². The summed E-state index contributed by atoms with van der Waals surface area (Å²) >= 11 is 0. The molecule has 23 heavy (non-hydrogen) atoms. The molecular weight excluding hydrogens is 307 g/mol. The van der Waals surface area contributed by atoms with Crippen LogP contribution in [-0.2, 0) is 9.47 Å². The van der Waals surface area contributed by atoms with Gasteiger partial charge in [-0.1, -0.05) is 26.2 Å². The van der Waals surface area contributed by atoms with Gasteiger partial charge in [0.1, 0.15) is 0 Å². The number of hydrogen-bond donors (Lipinski definition) is 0. The quantitative estimate of drug-likeness (QED) is 0.611. The van der Waals surface area contributed by atoms with Crippen LogP contribution in [0.3, 0.4) is 0 Å². The summed E-state index contributed by atoms with van der Waals surface area (Å²) in [5.74, 6) is -1.07. The number of ether oxygens (including phenoxy) is 2. The zero-order valence-corrected chi connectivity index (χ0v) is 14.4. The van der Waals surface area contributed by atoms with E-state index in [-0.39, 0.29) is 18.3 Å². The topological polar surface area (TPSA) is 42.2 Å². The molecule has 1 fully saturated rings. The Morgan fingerprint density at radius 2 is 1.96 bits per heavy atom. The lowest BCUT2D eigenvalue weighted by atomic mass is 9.66. The van der Waals surface area contributed by atoms with Gasteiger partial charge in [0.2, 0.25) is 0 Å². The van der Waals surface area contributed by atoms with Crippen molar-refractivity contribution in [1.29, 1.82) is 5.26 Å². The molecule has 1 saturated carbocycles. The number of methoxy groups -OCH3 is 1. The summed E-state index contributed by atoms with van der Waals surface area (Å²) < 4.78 is 52.5. The first-order chi connectivity index (χ1) is 10.7. The highest BCUT2D eigenvalue weighted by atomic mass is 19.4. The zero-order valence-electron chi connectivity index (χ0n) is 14.4. The van der Waals surface area contributed by atoms with Gasteiger partial charge >= 0.3 is 6.18 Å². The molecule has 0 radical (unpaired) electrons. The summed E-state index contributed by atoms with van der Waals surface area (Å²) in [6.45, 7) is 5.15. The fourth-order valence-corrected chi connectivity index (χ4v) is 3.82. The van der Waals surface area contributed by atoms with Gasteiger partial charge in [0, 0.05) is 13.0 Å². The second-order valence-electron chi connectivity index (χ2n) is 6.59. The molecule has 0 heterocycles. The highest BCUT2D eigenvalue weighted by Gasteiger charge is 2.63. The summed E-state index contributed by atoms with van der Waals surface area (Å²) in [6.07, 6.45) is -2.57. The molecule has 1 aliphatic rings. The maximum Gasteiger partial charge on any atom is 0.417 e. The molecule has 6 heteroatoms. The Hall–Kier alpha value is -0.800. The van der Waals surface area contributed by atoms with Gasteiger partial charge in [-0.15, -0.1) is 0 Å². The number of alkyl halides is 3. The highest BCUT2D eigenvalue weighted by molar-refractivity contribution is 5.01. The smallest absolute Gasteiger partial charge is 0.356 e. The van der Waals surface area contributed by atoms with E-state index in [1.165, 1.54) is 14.0 Å². The van der Waals surface area contributed by atoms with Gasteiger partial charge in [-0.2, -0.15) is 18.4 Å². The Kier molecular flexibility index (Phi) is 7.34. The first-order valence-electron chi connectivity index (χ1n) is 8.38. The van der Waals surface area contributed by atoms with Crippen molar-refractivity contribution in [2.45, 2.75) is 77.4 Å². The SMILES string of the molecule is CCC(CC(C)C#N)C1CCCCC1(OC(C)OC)C(F)(F)F. The van der Waals surface area contributed by atoms with Gasteiger partial charge in [-0.25, -0.2) is 0 Å². The third-order valence-corrected chi connectivity index (χ3v) is 5.07. The minimum absolute atomic E-state index is 0.0354. The van der Waals surface area contributed by atoms with E-state index in [1.807, 2.05) is 6.92 Å². The van der Waals surface area contributed by atoms with Crippen LogP contribution in [0.4, 0.5) is 13.2 Å². The lowest BCUT2D eigenvalue weighted by Gasteiger charge is -2.49. The van der Waals surface area contributed by atoms with E-state index in [0.29, 0.717) is 25.7 Å². The summed E-state index contributed by atoms with van der Waals surface area (Å²) in [7, 11) is 1.35. The molecule has 1 rings (SSSR count). The Morgan fingerprint density at radius 1 is 1.30 bits per heavy atom. The van der Waals surface area contributed by atoms with E-state index in [2.05, 4.69) is 6.07 Å². The van der Waals surface area contributed by atoms with Crippen molar-refractivity contribution in [2.24, 2.45) is 17.8 Å². The van der Waals surface area contributed by atoms with E-state index in [4.69, 9.17) is 14.7 Å². The third kappa shape index (κ3) is 4.60. The van der Waals surface area contributed by atoms with Crippen LogP contribution in [0.2, 0.25) is 0 Å². The molecule has 0 aromatic rings. The lowest BCUT2D eigenvalue weighted by Crippen LogP contribution is -2.58. The van der Waals surface area contributed by atoms with Gasteiger partial charge in [0.15, 0.2) is 11.9 Å². The fourth-order valence-electron chi connectivity index (χ4n) is 3.82. The molecule has 3 nitrogen and oxygen atoms in total. The van der Waals surface area contributed by atoms with Crippen molar-refractivity contribution in [3.63, 3.8) is 0 Å². The predicted octanol–water partition coefficient (Wildman–Crippen LogP) is 5.06. The van der Waals surface area contributed by atoms with Crippen molar-refractivity contribution >= 4 is 0 Å². The van der Waals surface area contributed by atoms with Crippen LogP contribution in [0.1, 0.15) is 59.3 Å². The predicted molar refractivity (Wildman–Crippen MR) is 81.5 cm³/mol. The highest BCUT2D eigenvalue weighted by Crippen LogP contribution is 2.52. The number of nitriles is 1. The molecular formula is C17H28F3NO2. The summed E-state index contributed by atoms with van der Waals surface area (Å²) in [4.78, 5) is 0. The monoisotopic (exact) mass is 335 g/mol. The van der Waals surface area contributed by atoms with E-state index >= 15 is 0 Å². The van der Waals surface area contributed by atoms with E-state index < -0.39 is 24.0 Å². The summed E-state index contributed by atoms with van der Waals surface area (Å²) in [5.41, 5.74) is -2.17. The van der Waals surface area contributed by atoms with Crippen LogP contribution in [-0.4, -0.2) is 25.2 Å². The molecule has 0 spiro atoms. The van der Waals surface area contributed by atoms with Crippen LogP contribution in [0, 0.1) is 29.1 Å². The van der Waals surface area contributed by atoms with Gasteiger partial charge in [-0.05, 0) is 44.9 Å². The maximum absolute atomic E-state index is 14.0. The van der Waals surface area contributed by atoms with Crippen LogP contribution < -0.4 is 0 Å². The first kappa shape index (κ1) is 20.2. The molecule has 0 N–H and O–H groups in total. The van der Waals surface area contributed by atoms with Gasteiger partial charge in [0.25, 0.3) is 0 Å². The summed E-state index contributed by atoms with van der Waals surface area (Å²) in [6, 6.07) is 2.14. The van der Waals surface area contributed by atoms with Crippen molar-refractivity contribution in [3.8, 4) is 6.07 Å². The standard InChI is InChI=1S/C17H28F3NO2/c1-5-14(10-12(2)11-21)15-8-6-7-9-16(15,17(18,19)20)23-13(3)22-4/h12-15H,5-10H2,1-4H3.